The summed E-state index contributed by atoms with van der Waals surface area (Å²) in [6.07, 6.45) is -0.255. The minimum Gasteiger partial charge on any atom is -0.394 e. The number of amides is 2. The van der Waals surface area contributed by atoms with E-state index in [9.17, 15) is 4.79 Å². The van der Waals surface area contributed by atoms with E-state index in [0.29, 0.717) is 6.54 Å². The fourth-order valence-corrected chi connectivity index (χ4v) is 2.75. The van der Waals surface area contributed by atoms with Crippen LogP contribution in [0, 0.1) is 6.92 Å². The average Bonchev–Trinajstić information content (AvgIpc) is 3.04. The van der Waals surface area contributed by atoms with E-state index in [1.165, 1.54) is 0 Å². The number of urea groups is 1. The minimum absolute atomic E-state index is 0.0444. The molecule has 0 fully saturated rings. The minimum atomic E-state index is -0.275. The van der Waals surface area contributed by atoms with Crippen molar-refractivity contribution in [1.82, 2.24) is 5.32 Å². The van der Waals surface area contributed by atoms with Gasteiger partial charge in [0, 0.05) is 10.6 Å². The summed E-state index contributed by atoms with van der Waals surface area (Å²) in [5.74, 6) is 0. The van der Waals surface area contributed by atoms with Gasteiger partial charge in [-0.15, -0.1) is 11.3 Å². The number of rotatable bonds is 7. The molecule has 1 unspecified atom stereocenters. The summed E-state index contributed by atoms with van der Waals surface area (Å²) in [4.78, 5) is 13.0. The van der Waals surface area contributed by atoms with Crippen LogP contribution < -0.4 is 10.6 Å². The number of thiophene rings is 1. The molecule has 1 aromatic carbocycles. The van der Waals surface area contributed by atoms with Crippen molar-refractivity contribution in [1.29, 1.82) is 0 Å². The normalized spacial score (nSPS) is 11.9. The first-order valence-corrected chi connectivity index (χ1v) is 7.95. The highest BCUT2D eigenvalue weighted by Crippen LogP contribution is 2.22. The van der Waals surface area contributed by atoms with Crippen LogP contribution in [0.1, 0.15) is 16.5 Å². The van der Waals surface area contributed by atoms with E-state index in [-0.39, 0.29) is 25.3 Å². The third-order valence-corrected chi connectivity index (χ3v) is 4.08. The van der Waals surface area contributed by atoms with Crippen molar-refractivity contribution in [2.45, 2.75) is 13.0 Å². The number of para-hydroxylation sites is 1. The molecular formula is C16H20N2O3S. The monoisotopic (exact) mass is 320 g/mol. The second-order valence-electron chi connectivity index (χ2n) is 4.75. The Bertz CT molecular complexity index is 587. The maximum atomic E-state index is 12.0. The second kappa shape index (κ2) is 8.53. The molecule has 22 heavy (non-hydrogen) atoms. The van der Waals surface area contributed by atoms with Crippen LogP contribution in [0.4, 0.5) is 10.5 Å². The van der Waals surface area contributed by atoms with Crippen molar-refractivity contribution in [2.24, 2.45) is 0 Å². The van der Waals surface area contributed by atoms with Gasteiger partial charge in [0.15, 0.2) is 0 Å². The van der Waals surface area contributed by atoms with Gasteiger partial charge < -0.3 is 20.5 Å². The van der Waals surface area contributed by atoms with Gasteiger partial charge in [-0.2, -0.15) is 0 Å². The quantitative estimate of drug-likeness (QED) is 0.734. The maximum absolute atomic E-state index is 12.0. The molecule has 0 saturated carbocycles. The van der Waals surface area contributed by atoms with E-state index in [4.69, 9.17) is 9.84 Å². The highest BCUT2D eigenvalue weighted by Gasteiger charge is 2.14. The molecule has 1 atom stereocenters. The highest BCUT2D eigenvalue weighted by atomic mass is 32.1. The van der Waals surface area contributed by atoms with E-state index < -0.39 is 0 Å². The lowest BCUT2D eigenvalue weighted by atomic mass is 10.2. The van der Waals surface area contributed by atoms with Gasteiger partial charge in [-0.1, -0.05) is 24.3 Å². The summed E-state index contributed by atoms with van der Waals surface area (Å²) in [5, 5.41) is 16.5. The molecule has 0 spiro atoms. The first-order chi connectivity index (χ1) is 10.7. The summed E-state index contributed by atoms with van der Waals surface area (Å²) in [6.45, 7) is 2.48. The van der Waals surface area contributed by atoms with E-state index in [0.717, 1.165) is 16.1 Å². The molecule has 0 aliphatic heterocycles. The number of aryl methyl sites for hydroxylation is 1. The van der Waals surface area contributed by atoms with E-state index in [1.807, 2.05) is 48.7 Å². The number of carbonyl (C=O) groups excluding carboxylic acids is 1. The molecule has 0 saturated heterocycles. The second-order valence-corrected chi connectivity index (χ2v) is 5.73. The predicted molar refractivity (Wildman–Crippen MR) is 88.3 cm³/mol. The van der Waals surface area contributed by atoms with Crippen LogP contribution in [-0.2, 0) is 4.74 Å². The molecule has 3 N–H and O–H groups in total. The average molecular weight is 320 g/mol. The summed E-state index contributed by atoms with van der Waals surface area (Å²) >= 11 is 1.56. The molecule has 0 aliphatic rings. The van der Waals surface area contributed by atoms with Crippen molar-refractivity contribution >= 4 is 23.1 Å². The van der Waals surface area contributed by atoms with Crippen molar-refractivity contribution in [2.75, 3.05) is 25.1 Å². The number of hydrogen-bond acceptors (Lipinski definition) is 4. The standard InChI is InChI=1S/C16H20N2O3S/c1-12-5-2-3-6-13(12)18-16(20)17-11-14(21-9-8-19)15-7-4-10-22-15/h2-7,10,14,19H,8-9,11H2,1H3,(H2,17,18,20). The SMILES string of the molecule is Cc1ccccc1NC(=O)NCC(OCCO)c1cccs1. The summed E-state index contributed by atoms with van der Waals surface area (Å²) in [5.41, 5.74) is 1.79. The van der Waals surface area contributed by atoms with E-state index in [2.05, 4.69) is 10.6 Å². The Morgan fingerprint density at radius 2 is 2.14 bits per heavy atom. The fourth-order valence-electron chi connectivity index (χ4n) is 1.98. The third kappa shape index (κ3) is 4.84. The molecular weight excluding hydrogens is 300 g/mol. The third-order valence-electron chi connectivity index (χ3n) is 3.11. The number of aliphatic hydroxyl groups is 1. The molecule has 6 heteroatoms. The lowest BCUT2D eigenvalue weighted by Gasteiger charge is -2.17. The number of nitrogens with one attached hydrogen (secondary N) is 2. The first kappa shape index (κ1) is 16.5. The van der Waals surface area contributed by atoms with Crippen LogP contribution >= 0.6 is 11.3 Å². The molecule has 2 amide bonds. The number of anilines is 1. The molecule has 1 aromatic heterocycles. The molecule has 2 rings (SSSR count). The number of aliphatic hydroxyl groups excluding tert-OH is 1. The number of benzene rings is 1. The Labute approximate surface area is 133 Å². The topological polar surface area (TPSA) is 70.6 Å². The van der Waals surface area contributed by atoms with E-state index >= 15 is 0 Å². The Morgan fingerprint density at radius 1 is 1.32 bits per heavy atom. The van der Waals surface area contributed by atoms with Crippen LogP contribution in [-0.4, -0.2) is 30.9 Å². The lowest BCUT2D eigenvalue weighted by Crippen LogP contribution is -2.33. The number of ether oxygens (including phenoxy) is 1. The van der Waals surface area contributed by atoms with Crippen LogP contribution in [0.3, 0.4) is 0 Å². The van der Waals surface area contributed by atoms with Crippen LogP contribution in [0.5, 0.6) is 0 Å². The van der Waals surface area contributed by atoms with E-state index in [1.54, 1.807) is 11.3 Å². The van der Waals surface area contributed by atoms with Crippen LogP contribution in [0.2, 0.25) is 0 Å². The molecule has 1 heterocycles. The zero-order valence-electron chi connectivity index (χ0n) is 12.4. The van der Waals surface area contributed by atoms with Gasteiger partial charge in [0.05, 0.1) is 19.8 Å². The largest absolute Gasteiger partial charge is 0.394 e. The zero-order valence-corrected chi connectivity index (χ0v) is 13.2. The fraction of sp³-hybridized carbons (Fsp3) is 0.312. The first-order valence-electron chi connectivity index (χ1n) is 7.07. The van der Waals surface area contributed by atoms with Crippen LogP contribution in [0.15, 0.2) is 41.8 Å². The van der Waals surface area contributed by atoms with Gasteiger partial charge in [-0.25, -0.2) is 4.79 Å². The van der Waals surface area contributed by atoms with Crippen molar-refractivity contribution in [3.05, 3.63) is 52.2 Å². The Hall–Kier alpha value is -1.89. The molecule has 0 radical (unpaired) electrons. The Balaban J connectivity index is 1.89. The zero-order chi connectivity index (χ0) is 15.8. The molecule has 0 aliphatic carbocycles. The smallest absolute Gasteiger partial charge is 0.319 e. The van der Waals surface area contributed by atoms with Gasteiger partial charge in [-0.3, -0.25) is 0 Å². The molecule has 5 nitrogen and oxygen atoms in total. The summed E-state index contributed by atoms with van der Waals surface area (Å²) in [7, 11) is 0. The Kier molecular flexibility index (Phi) is 6.39. The number of carbonyl (C=O) groups is 1. The molecule has 0 bridgehead atoms. The van der Waals surface area contributed by atoms with Crippen molar-refractivity contribution < 1.29 is 14.6 Å². The van der Waals surface area contributed by atoms with Gasteiger partial charge in [0.25, 0.3) is 0 Å². The van der Waals surface area contributed by atoms with Gasteiger partial charge >= 0.3 is 6.03 Å². The van der Waals surface area contributed by atoms with Crippen LogP contribution in [0.25, 0.3) is 0 Å². The maximum Gasteiger partial charge on any atom is 0.319 e. The molecule has 118 valence electrons. The van der Waals surface area contributed by atoms with Gasteiger partial charge in [0.2, 0.25) is 0 Å². The van der Waals surface area contributed by atoms with Gasteiger partial charge in [-0.05, 0) is 30.0 Å². The van der Waals surface area contributed by atoms with Crippen molar-refractivity contribution in [3.8, 4) is 0 Å². The van der Waals surface area contributed by atoms with Crippen molar-refractivity contribution in [3.63, 3.8) is 0 Å². The Morgan fingerprint density at radius 3 is 2.82 bits per heavy atom. The summed E-state index contributed by atoms with van der Waals surface area (Å²) < 4.78 is 5.58. The highest BCUT2D eigenvalue weighted by molar-refractivity contribution is 7.10. The predicted octanol–water partition coefficient (Wildman–Crippen LogP) is 2.93. The summed E-state index contributed by atoms with van der Waals surface area (Å²) in [6, 6.07) is 11.2. The number of hydrogen-bond donors (Lipinski definition) is 3. The molecule has 2 aromatic rings. The lowest BCUT2D eigenvalue weighted by molar-refractivity contribution is 0.0316. The van der Waals surface area contributed by atoms with Gasteiger partial charge in [0.1, 0.15) is 6.10 Å².